The molecule has 7 nitrogen and oxygen atoms in total. The first-order valence-corrected chi connectivity index (χ1v) is 13.2. The van der Waals surface area contributed by atoms with Gasteiger partial charge in [0.2, 0.25) is 5.56 Å². The van der Waals surface area contributed by atoms with E-state index in [1.54, 1.807) is 30.2 Å². The molecule has 0 radical (unpaired) electrons. The lowest BCUT2D eigenvalue weighted by molar-refractivity contribution is 0.0383. The predicted octanol–water partition coefficient (Wildman–Crippen LogP) is 5.98. The summed E-state index contributed by atoms with van der Waals surface area (Å²) in [7, 11) is 0. The third-order valence-corrected chi connectivity index (χ3v) is 7.69. The molecule has 0 amide bonds. The monoisotopic (exact) mass is 562 g/mol. The highest BCUT2D eigenvalue weighted by molar-refractivity contribution is 9.10. The van der Waals surface area contributed by atoms with E-state index in [1.807, 2.05) is 30.5 Å². The first-order valence-electron chi connectivity index (χ1n) is 11.6. The van der Waals surface area contributed by atoms with Crippen LogP contribution in [0.4, 0.5) is 11.4 Å². The average Bonchev–Trinajstić information content (AvgIpc) is 2.90. The Labute approximate surface area is 221 Å². The maximum atomic E-state index is 11.8. The number of hydrogen-bond acceptors (Lipinski definition) is 7. The fourth-order valence-electron chi connectivity index (χ4n) is 4.45. The number of aromatic nitrogens is 2. The van der Waals surface area contributed by atoms with Gasteiger partial charge in [0.25, 0.3) is 0 Å². The van der Waals surface area contributed by atoms with E-state index in [-0.39, 0.29) is 11.7 Å². The number of aromatic amines is 1. The van der Waals surface area contributed by atoms with Gasteiger partial charge < -0.3 is 24.7 Å². The van der Waals surface area contributed by atoms with Gasteiger partial charge >= 0.3 is 0 Å². The summed E-state index contributed by atoms with van der Waals surface area (Å²) in [6.45, 7) is 2.64. The molecule has 2 aromatic heterocycles. The predicted molar refractivity (Wildman–Crippen MR) is 144 cm³/mol. The van der Waals surface area contributed by atoms with Crippen molar-refractivity contribution < 1.29 is 9.47 Å². The third kappa shape index (κ3) is 4.86. The van der Waals surface area contributed by atoms with Gasteiger partial charge in [-0.05, 0) is 57.9 Å². The van der Waals surface area contributed by atoms with Crippen molar-refractivity contribution in [3.05, 3.63) is 99.1 Å². The Bertz CT molecular complexity index is 1480. The molecular formula is C27H23BrN4O3S. The van der Waals surface area contributed by atoms with Crippen LogP contribution in [0.5, 0.6) is 11.5 Å². The fraction of sp³-hybridized carbons (Fsp3) is 0.185. The largest absolute Gasteiger partial charge is 0.455 e. The lowest BCUT2D eigenvalue weighted by atomic mass is 10.1. The lowest BCUT2D eigenvalue weighted by Gasteiger charge is -2.35. The third-order valence-electron chi connectivity index (χ3n) is 6.18. The molecule has 2 N–H and O–H groups in total. The zero-order valence-corrected chi connectivity index (χ0v) is 21.6. The Morgan fingerprint density at radius 1 is 1.14 bits per heavy atom. The molecule has 4 aromatic rings. The van der Waals surface area contributed by atoms with E-state index in [4.69, 9.17) is 9.47 Å². The molecule has 4 heterocycles. The van der Waals surface area contributed by atoms with Crippen molar-refractivity contribution in [3.8, 4) is 11.5 Å². The van der Waals surface area contributed by atoms with Crippen LogP contribution in [0.25, 0.3) is 0 Å². The quantitative estimate of drug-likeness (QED) is 0.273. The number of para-hydroxylation sites is 1. The number of fused-ring (bicyclic) bond motifs is 2. The van der Waals surface area contributed by atoms with Crippen molar-refractivity contribution in [1.82, 2.24) is 9.97 Å². The zero-order chi connectivity index (χ0) is 24.5. The summed E-state index contributed by atoms with van der Waals surface area (Å²) in [6.07, 6.45) is 5.16. The highest BCUT2D eigenvalue weighted by atomic mass is 79.9. The molecule has 9 heteroatoms. The van der Waals surface area contributed by atoms with Gasteiger partial charge in [-0.25, -0.2) is 0 Å². The van der Waals surface area contributed by atoms with Crippen LogP contribution in [0, 0.1) is 0 Å². The Balaban J connectivity index is 1.20. The molecule has 2 aliphatic heterocycles. The summed E-state index contributed by atoms with van der Waals surface area (Å²) < 4.78 is 13.6. The van der Waals surface area contributed by atoms with Crippen molar-refractivity contribution in [2.45, 2.75) is 22.4 Å². The molecular weight excluding hydrogens is 540 g/mol. The molecule has 182 valence electrons. The highest BCUT2D eigenvalue weighted by Crippen LogP contribution is 2.50. The maximum absolute atomic E-state index is 11.8. The number of hydrogen-bond donors (Lipinski definition) is 2. The van der Waals surface area contributed by atoms with E-state index >= 15 is 0 Å². The molecule has 0 aliphatic carbocycles. The first kappa shape index (κ1) is 23.1. The van der Waals surface area contributed by atoms with Gasteiger partial charge in [-0.15, -0.1) is 0 Å². The van der Waals surface area contributed by atoms with Crippen molar-refractivity contribution in [2.24, 2.45) is 0 Å². The van der Waals surface area contributed by atoms with E-state index < -0.39 is 0 Å². The molecule has 2 aliphatic rings. The van der Waals surface area contributed by atoms with Crippen LogP contribution in [0.1, 0.15) is 17.2 Å². The van der Waals surface area contributed by atoms with E-state index in [1.165, 1.54) is 0 Å². The smallest absolute Gasteiger partial charge is 0.249 e. The molecule has 1 unspecified atom stereocenters. The van der Waals surface area contributed by atoms with Gasteiger partial charge in [0, 0.05) is 65.7 Å². The molecule has 0 bridgehead atoms. The minimum atomic E-state index is -0.158. The maximum Gasteiger partial charge on any atom is 0.249 e. The summed E-state index contributed by atoms with van der Waals surface area (Å²) >= 11 is 5.17. The number of nitrogens with one attached hydrogen (secondary N) is 2. The van der Waals surface area contributed by atoms with Crippen LogP contribution in [0.3, 0.4) is 0 Å². The number of nitrogens with zero attached hydrogens (tertiary/aromatic N) is 2. The van der Waals surface area contributed by atoms with Gasteiger partial charge in [-0.3, -0.25) is 9.78 Å². The summed E-state index contributed by atoms with van der Waals surface area (Å²) in [4.78, 5) is 23.0. The number of halogens is 1. The number of pyridine rings is 2. The number of ether oxygens (including phenoxy) is 2. The number of rotatable bonds is 5. The van der Waals surface area contributed by atoms with Gasteiger partial charge in [0.1, 0.15) is 17.6 Å². The lowest BCUT2D eigenvalue weighted by Crippen LogP contribution is -2.39. The normalized spacial score (nSPS) is 16.6. The Hall–Kier alpha value is -3.27. The molecule has 1 fully saturated rings. The van der Waals surface area contributed by atoms with Crippen LogP contribution >= 0.6 is 27.7 Å². The second-order valence-corrected chi connectivity index (χ2v) is 10.6. The van der Waals surface area contributed by atoms with Crippen molar-refractivity contribution in [3.63, 3.8) is 0 Å². The first-order chi connectivity index (χ1) is 17.6. The van der Waals surface area contributed by atoms with Crippen molar-refractivity contribution >= 4 is 39.1 Å². The Morgan fingerprint density at radius 3 is 2.97 bits per heavy atom. The van der Waals surface area contributed by atoms with Gasteiger partial charge in [-0.2, -0.15) is 0 Å². The second kappa shape index (κ2) is 10.0. The molecule has 2 aromatic carbocycles. The molecule has 1 saturated heterocycles. The molecule has 0 saturated carbocycles. The molecule has 6 rings (SSSR count). The van der Waals surface area contributed by atoms with Crippen LogP contribution in [0.2, 0.25) is 0 Å². The Morgan fingerprint density at radius 2 is 2.08 bits per heavy atom. The van der Waals surface area contributed by atoms with Crippen LogP contribution in [0.15, 0.2) is 92.2 Å². The summed E-state index contributed by atoms with van der Waals surface area (Å²) in [5.41, 5.74) is 3.93. The zero-order valence-electron chi connectivity index (χ0n) is 19.2. The minimum Gasteiger partial charge on any atom is -0.455 e. The highest BCUT2D eigenvalue weighted by Gasteiger charge is 2.29. The van der Waals surface area contributed by atoms with Gasteiger partial charge in [0.15, 0.2) is 0 Å². The average molecular weight is 563 g/mol. The van der Waals surface area contributed by atoms with Crippen LogP contribution in [-0.4, -0.2) is 29.7 Å². The van der Waals surface area contributed by atoms with Gasteiger partial charge in [0.05, 0.1) is 16.4 Å². The van der Waals surface area contributed by atoms with E-state index in [0.717, 1.165) is 54.8 Å². The molecule has 36 heavy (non-hydrogen) atoms. The molecule has 1 atom stereocenters. The van der Waals surface area contributed by atoms with Crippen molar-refractivity contribution in [2.75, 3.05) is 29.9 Å². The summed E-state index contributed by atoms with van der Waals surface area (Å²) in [5, 5.41) is 3.47. The number of anilines is 2. The summed E-state index contributed by atoms with van der Waals surface area (Å²) in [5.74, 6) is 1.67. The van der Waals surface area contributed by atoms with Gasteiger partial charge in [-0.1, -0.05) is 23.9 Å². The SMILES string of the molecule is O=c1cc(N2CCOC(c3cccc4c3Oc3ccc(NCc5cncc(Br)c5)cc3S4)C2)cc[nH]1. The van der Waals surface area contributed by atoms with E-state index in [2.05, 4.69) is 60.4 Å². The Kier molecular flexibility index (Phi) is 6.43. The number of H-pyrrole nitrogens is 1. The fourth-order valence-corrected chi connectivity index (χ4v) is 5.89. The van der Waals surface area contributed by atoms with Crippen molar-refractivity contribution in [1.29, 1.82) is 0 Å². The van der Waals surface area contributed by atoms with E-state index in [0.29, 0.717) is 19.7 Å². The molecule has 0 spiro atoms. The standard InChI is InChI=1S/C27H23BrN4O3S/c28-18-10-17(13-29-15-18)14-31-19-4-5-22-25(11-19)36-24-3-1-2-21(27(24)35-22)23-16-32(8-9-34-23)20-6-7-30-26(33)12-20/h1-7,10-13,15,23,31H,8-9,14,16H2,(H,30,33). The minimum absolute atomic E-state index is 0.105. The van der Waals surface area contributed by atoms with E-state index in [9.17, 15) is 4.79 Å². The summed E-state index contributed by atoms with van der Waals surface area (Å²) in [6, 6.07) is 18.0. The van der Waals surface area contributed by atoms with Crippen LogP contribution < -0.4 is 20.5 Å². The number of benzene rings is 2. The van der Waals surface area contributed by atoms with Crippen LogP contribution in [-0.2, 0) is 11.3 Å². The number of morpholine rings is 1. The topological polar surface area (TPSA) is 79.5 Å². The second-order valence-electron chi connectivity index (χ2n) is 8.62.